The van der Waals surface area contributed by atoms with Crippen molar-refractivity contribution in [3.05, 3.63) is 64.2 Å². The highest BCUT2D eigenvalue weighted by Gasteiger charge is 2.14. The summed E-state index contributed by atoms with van der Waals surface area (Å²) in [5.41, 5.74) is 3.61. The van der Waals surface area contributed by atoms with Gasteiger partial charge in [0.2, 0.25) is 0 Å². The van der Waals surface area contributed by atoms with Crippen LogP contribution in [0.1, 0.15) is 34.5 Å². The summed E-state index contributed by atoms with van der Waals surface area (Å²) in [6.07, 6.45) is 0. The molecule has 21 heavy (non-hydrogen) atoms. The van der Waals surface area contributed by atoms with E-state index in [1.165, 1.54) is 0 Å². The smallest absolute Gasteiger partial charge is 0.251 e. The molecule has 1 unspecified atom stereocenters. The SMILES string of the molecule is CNc1ccc(C(=O)NC(C)c2ccccc2Cl)cc1C. The first kappa shape index (κ1) is 15.4. The molecule has 2 N–H and O–H groups in total. The van der Waals surface area contributed by atoms with Gasteiger partial charge in [0.05, 0.1) is 6.04 Å². The van der Waals surface area contributed by atoms with Crippen molar-refractivity contribution in [2.75, 3.05) is 12.4 Å². The van der Waals surface area contributed by atoms with Crippen molar-refractivity contribution in [3.8, 4) is 0 Å². The maximum absolute atomic E-state index is 12.3. The Labute approximate surface area is 130 Å². The lowest BCUT2D eigenvalue weighted by Gasteiger charge is -2.16. The van der Waals surface area contributed by atoms with E-state index in [0.717, 1.165) is 16.8 Å². The minimum Gasteiger partial charge on any atom is -0.388 e. The average Bonchev–Trinajstić information content (AvgIpc) is 2.47. The molecular formula is C17H19ClN2O. The third-order valence-electron chi connectivity index (χ3n) is 3.48. The van der Waals surface area contributed by atoms with Crippen molar-refractivity contribution < 1.29 is 4.79 Å². The molecule has 0 aliphatic carbocycles. The highest BCUT2D eigenvalue weighted by molar-refractivity contribution is 6.31. The molecule has 0 bridgehead atoms. The van der Waals surface area contributed by atoms with Crippen molar-refractivity contribution in [1.82, 2.24) is 5.32 Å². The van der Waals surface area contributed by atoms with Gasteiger partial charge in [-0.05, 0) is 49.2 Å². The average molecular weight is 303 g/mol. The van der Waals surface area contributed by atoms with Crippen molar-refractivity contribution in [1.29, 1.82) is 0 Å². The summed E-state index contributed by atoms with van der Waals surface area (Å²) >= 11 is 6.15. The summed E-state index contributed by atoms with van der Waals surface area (Å²) in [5, 5.41) is 6.72. The van der Waals surface area contributed by atoms with E-state index in [4.69, 9.17) is 11.6 Å². The minimum atomic E-state index is -0.143. The number of halogens is 1. The van der Waals surface area contributed by atoms with Crippen LogP contribution in [0.15, 0.2) is 42.5 Å². The molecule has 0 heterocycles. The molecule has 0 saturated carbocycles. The third kappa shape index (κ3) is 3.56. The van der Waals surface area contributed by atoms with E-state index in [9.17, 15) is 4.79 Å². The van der Waals surface area contributed by atoms with E-state index < -0.39 is 0 Å². The van der Waals surface area contributed by atoms with Gasteiger partial charge in [-0.25, -0.2) is 0 Å². The van der Waals surface area contributed by atoms with Gasteiger partial charge in [-0.3, -0.25) is 4.79 Å². The number of rotatable bonds is 4. The van der Waals surface area contributed by atoms with Gasteiger partial charge in [0.25, 0.3) is 5.91 Å². The maximum Gasteiger partial charge on any atom is 0.251 e. The molecule has 2 rings (SSSR count). The number of carbonyl (C=O) groups excluding carboxylic acids is 1. The summed E-state index contributed by atoms with van der Waals surface area (Å²) in [6.45, 7) is 3.90. The van der Waals surface area contributed by atoms with Crippen LogP contribution >= 0.6 is 11.6 Å². The first-order valence-electron chi connectivity index (χ1n) is 6.86. The zero-order valence-electron chi connectivity index (χ0n) is 12.4. The fraction of sp³-hybridized carbons (Fsp3) is 0.235. The molecule has 0 saturated heterocycles. The van der Waals surface area contributed by atoms with Crippen LogP contribution in [0, 0.1) is 6.92 Å². The molecule has 4 heteroatoms. The summed E-state index contributed by atoms with van der Waals surface area (Å²) < 4.78 is 0. The lowest BCUT2D eigenvalue weighted by molar-refractivity contribution is 0.0940. The van der Waals surface area contributed by atoms with Gasteiger partial charge >= 0.3 is 0 Å². The van der Waals surface area contributed by atoms with Crippen LogP contribution in [-0.2, 0) is 0 Å². The second-order valence-electron chi connectivity index (χ2n) is 5.00. The maximum atomic E-state index is 12.3. The van der Waals surface area contributed by atoms with E-state index in [2.05, 4.69) is 10.6 Å². The van der Waals surface area contributed by atoms with Crippen LogP contribution in [0.3, 0.4) is 0 Å². The predicted molar refractivity (Wildman–Crippen MR) is 88.1 cm³/mol. The predicted octanol–water partition coefficient (Wildman–Crippen LogP) is 4.18. The van der Waals surface area contributed by atoms with Gasteiger partial charge in [-0.2, -0.15) is 0 Å². The Balaban J connectivity index is 2.14. The molecule has 0 spiro atoms. The molecule has 0 fully saturated rings. The Morgan fingerprint density at radius 1 is 1.19 bits per heavy atom. The Morgan fingerprint density at radius 2 is 1.90 bits per heavy atom. The number of anilines is 1. The normalized spacial score (nSPS) is 11.8. The number of aryl methyl sites for hydroxylation is 1. The number of benzene rings is 2. The molecule has 0 aromatic heterocycles. The summed E-state index contributed by atoms with van der Waals surface area (Å²) in [7, 11) is 1.86. The van der Waals surface area contributed by atoms with Gasteiger partial charge in [-0.15, -0.1) is 0 Å². The zero-order chi connectivity index (χ0) is 15.4. The van der Waals surface area contributed by atoms with Gasteiger partial charge < -0.3 is 10.6 Å². The molecule has 110 valence electrons. The van der Waals surface area contributed by atoms with Gasteiger partial charge in [-0.1, -0.05) is 29.8 Å². The molecule has 0 aliphatic heterocycles. The Bertz CT molecular complexity index is 655. The standard InChI is InChI=1S/C17H19ClN2O/c1-11-10-13(8-9-16(11)19-3)17(21)20-12(2)14-6-4-5-7-15(14)18/h4-10,12,19H,1-3H3,(H,20,21). The molecule has 1 amide bonds. The monoisotopic (exact) mass is 302 g/mol. The number of nitrogens with one attached hydrogen (secondary N) is 2. The van der Waals surface area contributed by atoms with E-state index in [1.807, 2.05) is 63.4 Å². The Kier molecular flexibility index (Phi) is 4.86. The second kappa shape index (κ2) is 6.64. The van der Waals surface area contributed by atoms with Crippen LogP contribution in [0.2, 0.25) is 5.02 Å². The fourth-order valence-electron chi connectivity index (χ4n) is 2.27. The summed E-state index contributed by atoms with van der Waals surface area (Å²) in [5.74, 6) is -0.104. The van der Waals surface area contributed by atoms with Crippen molar-refractivity contribution in [3.63, 3.8) is 0 Å². The number of hydrogen-bond acceptors (Lipinski definition) is 2. The molecular weight excluding hydrogens is 284 g/mol. The molecule has 3 nitrogen and oxygen atoms in total. The van der Waals surface area contributed by atoms with Gasteiger partial charge in [0.15, 0.2) is 0 Å². The largest absolute Gasteiger partial charge is 0.388 e. The van der Waals surface area contributed by atoms with E-state index in [-0.39, 0.29) is 11.9 Å². The zero-order valence-corrected chi connectivity index (χ0v) is 13.2. The lowest BCUT2D eigenvalue weighted by Crippen LogP contribution is -2.26. The van der Waals surface area contributed by atoms with Crippen LogP contribution in [0.5, 0.6) is 0 Å². The molecule has 2 aromatic carbocycles. The van der Waals surface area contributed by atoms with E-state index in [1.54, 1.807) is 0 Å². The van der Waals surface area contributed by atoms with Crippen molar-refractivity contribution in [2.45, 2.75) is 19.9 Å². The minimum absolute atomic E-state index is 0.104. The number of amides is 1. The van der Waals surface area contributed by atoms with Crippen molar-refractivity contribution >= 4 is 23.2 Å². The topological polar surface area (TPSA) is 41.1 Å². The van der Waals surface area contributed by atoms with Crippen LogP contribution in [0.25, 0.3) is 0 Å². The van der Waals surface area contributed by atoms with Crippen LogP contribution in [0.4, 0.5) is 5.69 Å². The third-order valence-corrected chi connectivity index (χ3v) is 3.82. The fourth-order valence-corrected chi connectivity index (χ4v) is 2.57. The van der Waals surface area contributed by atoms with E-state index >= 15 is 0 Å². The highest BCUT2D eigenvalue weighted by atomic mass is 35.5. The lowest BCUT2D eigenvalue weighted by atomic mass is 10.1. The Hall–Kier alpha value is -2.00. The summed E-state index contributed by atoms with van der Waals surface area (Å²) in [4.78, 5) is 12.3. The van der Waals surface area contributed by atoms with Gasteiger partial charge in [0, 0.05) is 23.3 Å². The highest BCUT2D eigenvalue weighted by Crippen LogP contribution is 2.23. The van der Waals surface area contributed by atoms with Gasteiger partial charge in [0.1, 0.15) is 0 Å². The first-order chi connectivity index (χ1) is 10.0. The molecule has 0 aliphatic rings. The molecule has 2 aromatic rings. The van der Waals surface area contributed by atoms with E-state index in [0.29, 0.717) is 10.6 Å². The first-order valence-corrected chi connectivity index (χ1v) is 7.24. The second-order valence-corrected chi connectivity index (χ2v) is 5.40. The summed E-state index contributed by atoms with van der Waals surface area (Å²) in [6, 6.07) is 13.0. The van der Waals surface area contributed by atoms with Crippen LogP contribution in [-0.4, -0.2) is 13.0 Å². The quantitative estimate of drug-likeness (QED) is 0.889. The van der Waals surface area contributed by atoms with Crippen molar-refractivity contribution in [2.24, 2.45) is 0 Å². The molecule has 1 atom stereocenters. The number of hydrogen-bond donors (Lipinski definition) is 2. The number of carbonyl (C=O) groups is 1. The van der Waals surface area contributed by atoms with Crippen LogP contribution < -0.4 is 10.6 Å². The molecule has 0 radical (unpaired) electrons. The Morgan fingerprint density at radius 3 is 2.52 bits per heavy atom.